The number of hydrogen-bond donors (Lipinski definition) is 1. The van der Waals surface area contributed by atoms with Crippen LogP contribution in [0.1, 0.15) is 53.1 Å². The Morgan fingerprint density at radius 1 is 0.885 bits per heavy atom. The number of aliphatic hydroxyl groups is 1. The molecule has 0 aliphatic heterocycles. The van der Waals surface area contributed by atoms with Crippen molar-refractivity contribution < 1.29 is 9.90 Å². The first kappa shape index (κ1) is 17.1. The van der Waals surface area contributed by atoms with Gasteiger partial charge in [-0.25, -0.2) is 0 Å². The van der Waals surface area contributed by atoms with Gasteiger partial charge in [0.25, 0.3) is 0 Å². The lowest BCUT2D eigenvalue weighted by molar-refractivity contribution is 0.100. The topological polar surface area (TPSA) is 37.3 Å². The minimum absolute atomic E-state index is 0.0413. The minimum Gasteiger partial charge on any atom is -0.507 e. The summed E-state index contributed by atoms with van der Waals surface area (Å²) in [5.41, 5.74) is 3.83. The van der Waals surface area contributed by atoms with Crippen LogP contribution in [0.25, 0.3) is 5.57 Å². The van der Waals surface area contributed by atoms with Crippen molar-refractivity contribution in [2.45, 2.75) is 31.6 Å². The summed E-state index contributed by atoms with van der Waals surface area (Å²) in [5.74, 6) is 0.626. The Kier molecular flexibility index (Phi) is 4.46. The SMILES string of the molecule is C=C1C(O)=C(C2CCC(c3ccc(Cl)cc3)CC2)C(=O)c2ccccc21. The van der Waals surface area contributed by atoms with Crippen LogP contribution in [-0.2, 0) is 0 Å². The molecule has 2 aromatic carbocycles. The summed E-state index contributed by atoms with van der Waals surface area (Å²) >= 11 is 5.98. The van der Waals surface area contributed by atoms with Crippen LogP contribution in [-0.4, -0.2) is 10.9 Å². The van der Waals surface area contributed by atoms with E-state index in [0.29, 0.717) is 22.6 Å². The third kappa shape index (κ3) is 2.89. The van der Waals surface area contributed by atoms with E-state index in [1.165, 1.54) is 5.56 Å². The van der Waals surface area contributed by atoms with Crippen molar-refractivity contribution in [3.05, 3.63) is 88.2 Å². The van der Waals surface area contributed by atoms with Gasteiger partial charge in [-0.3, -0.25) is 4.79 Å². The third-order valence-electron chi connectivity index (χ3n) is 5.76. The van der Waals surface area contributed by atoms with Crippen LogP contribution in [0.5, 0.6) is 0 Å². The molecular formula is C23H21ClO2. The van der Waals surface area contributed by atoms with Crippen LogP contribution in [0, 0.1) is 5.92 Å². The van der Waals surface area contributed by atoms with Crippen molar-refractivity contribution in [1.29, 1.82) is 0 Å². The van der Waals surface area contributed by atoms with Crippen LogP contribution < -0.4 is 0 Å². The zero-order valence-electron chi connectivity index (χ0n) is 14.5. The number of fused-ring (bicyclic) bond motifs is 1. The van der Waals surface area contributed by atoms with E-state index >= 15 is 0 Å². The largest absolute Gasteiger partial charge is 0.507 e. The smallest absolute Gasteiger partial charge is 0.193 e. The first-order valence-corrected chi connectivity index (χ1v) is 9.46. The summed E-state index contributed by atoms with van der Waals surface area (Å²) in [6, 6.07) is 15.5. The highest BCUT2D eigenvalue weighted by molar-refractivity contribution is 6.30. The number of halogens is 1. The second-order valence-corrected chi connectivity index (χ2v) is 7.65. The predicted octanol–water partition coefficient (Wildman–Crippen LogP) is 6.34. The van der Waals surface area contributed by atoms with Crippen LogP contribution >= 0.6 is 11.6 Å². The maximum absolute atomic E-state index is 13.0. The molecule has 0 aromatic heterocycles. The lowest BCUT2D eigenvalue weighted by Gasteiger charge is -2.32. The first-order valence-electron chi connectivity index (χ1n) is 9.08. The maximum Gasteiger partial charge on any atom is 0.193 e. The molecule has 2 aromatic rings. The number of aliphatic hydroxyl groups excluding tert-OH is 1. The number of hydrogen-bond acceptors (Lipinski definition) is 2. The molecular weight excluding hydrogens is 344 g/mol. The van der Waals surface area contributed by atoms with Gasteiger partial charge in [-0.15, -0.1) is 0 Å². The average molecular weight is 365 g/mol. The van der Waals surface area contributed by atoms with Gasteiger partial charge in [0.2, 0.25) is 0 Å². The van der Waals surface area contributed by atoms with E-state index < -0.39 is 0 Å². The van der Waals surface area contributed by atoms with Crippen LogP contribution in [0.15, 0.2) is 66.4 Å². The Hall–Kier alpha value is -2.32. The molecule has 3 heteroatoms. The molecule has 2 aliphatic carbocycles. The van der Waals surface area contributed by atoms with Crippen molar-refractivity contribution in [3.8, 4) is 0 Å². The molecule has 132 valence electrons. The summed E-state index contributed by atoms with van der Waals surface area (Å²) < 4.78 is 0. The Bertz CT molecular complexity index is 900. The van der Waals surface area contributed by atoms with E-state index in [1.54, 1.807) is 0 Å². The van der Waals surface area contributed by atoms with Crippen molar-refractivity contribution in [2.24, 2.45) is 5.92 Å². The summed E-state index contributed by atoms with van der Waals surface area (Å²) in [6.45, 7) is 4.01. The fourth-order valence-electron chi connectivity index (χ4n) is 4.32. The van der Waals surface area contributed by atoms with E-state index in [4.69, 9.17) is 11.6 Å². The summed E-state index contributed by atoms with van der Waals surface area (Å²) in [7, 11) is 0. The van der Waals surface area contributed by atoms with Gasteiger partial charge in [-0.1, -0.05) is 54.6 Å². The van der Waals surface area contributed by atoms with Gasteiger partial charge < -0.3 is 5.11 Å². The Morgan fingerprint density at radius 3 is 2.12 bits per heavy atom. The molecule has 1 saturated carbocycles. The zero-order valence-corrected chi connectivity index (χ0v) is 15.3. The number of carbonyl (C=O) groups is 1. The predicted molar refractivity (Wildman–Crippen MR) is 106 cm³/mol. The molecule has 4 rings (SSSR count). The lowest BCUT2D eigenvalue weighted by atomic mass is 9.72. The highest BCUT2D eigenvalue weighted by Gasteiger charge is 2.35. The molecule has 2 nitrogen and oxygen atoms in total. The molecule has 0 bridgehead atoms. The Balaban J connectivity index is 1.56. The monoisotopic (exact) mass is 364 g/mol. The lowest BCUT2D eigenvalue weighted by Crippen LogP contribution is -2.24. The average Bonchev–Trinajstić information content (AvgIpc) is 2.68. The molecule has 0 saturated heterocycles. The summed E-state index contributed by atoms with van der Waals surface area (Å²) in [5, 5.41) is 11.4. The van der Waals surface area contributed by atoms with Gasteiger partial charge in [0.1, 0.15) is 5.76 Å². The highest BCUT2D eigenvalue weighted by Crippen LogP contribution is 2.44. The van der Waals surface area contributed by atoms with Crippen molar-refractivity contribution in [3.63, 3.8) is 0 Å². The van der Waals surface area contributed by atoms with Gasteiger partial charge in [0.15, 0.2) is 5.78 Å². The minimum atomic E-state index is -0.0413. The quantitative estimate of drug-likeness (QED) is 0.675. The van der Waals surface area contributed by atoms with Gasteiger partial charge >= 0.3 is 0 Å². The van der Waals surface area contributed by atoms with E-state index in [-0.39, 0.29) is 17.5 Å². The number of ketones is 1. The number of allylic oxidation sites excluding steroid dienone is 2. The van der Waals surface area contributed by atoms with E-state index in [1.807, 2.05) is 36.4 Å². The van der Waals surface area contributed by atoms with E-state index in [9.17, 15) is 9.90 Å². The molecule has 26 heavy (non-hydrogen) atoms. The van der Waals surface area contributed by atoms with Gasteiger partial charge in [-0.2, -0.15) is 0 Å². The van der Waals surface area contributed by atoms with Gasteiger partial charge in [0, 0.05) is 21.7 Å². The number of Topliss-reactive ketones (excluding diaryl/α,β-unsaturated/α-hetero) is 1. The van der Waals surface area contributed by atoms with Crippen LogP contribution in [0.2, 0.25) is 5.02 Å². The first-order chi connectivity index (χ1) is 12.6. The van der Waals surface area contributed by atoms with Crippen molar-refractivity contribution in [1.82, 2.24) is 0 Å². The second-order valence-electron chi connectivity index (χ2n) is 7.22. The number of rotatable bonds is 2. The zero-order chi connectivity index (χ0) is 18.3. The summed E-state index contributed by atoms with van der Waals surface area (Å²) in [4.78, 5) is 13.0. The Labute approximate surface area is 158 Å². The van der Waals surface area contributed by atoms with Gasteiger partial charge in [-0.05, 0) is 60.8 Å². The molecule has 2 aliphatic rings. The molecule has 0 spiro atoms. The fourth-order valence-corrected chi connectivity index (χ4v) is 4.44. The van der Waals surface area contributed by atoms with Crippen molar-refractivity contribution >= 4 is 23.0 Å². The fraction of sp³-hybridized carbons (Fsp3) is 0.261. The number of carbonyl (C=O) groups excluding carboxylic acids is 1. The molecule has 0 amide bonds. The van der Waals surface area contributed by atoms with Gasteiger partial charge in [0.05, 0.1) is 0 Å². The highest BCUT2D eigenvalue weighted by atomic mass is 35.5. The molecule has 1 N–H and O–H groups in total. The van der Waals surface area contributed by atoms with E-state index in [2.05, 4.69) is 18.7 Å². The molecule has 0 unspecified atom stereocenters. The molecule has 0 atom stereocenters. The molecule has 0 heterocycles. The summed E-state index contributed by atoms with van der Waals surface area (Å²) in [6.07, 6.45) is 3.80. The normalized spacial score (nSPS) is 23.1. The Morgan fingerprint density at radius 2 is 1.46 bits per heavy atom. The van der Waals surface area contributed by atoms with Crippen molar-refractivity contribution in [2.75, 3.05) is 0 Å². The van der Waals surface area contributed by atoms with Crippen LogP contribution in [0.4, 0.5) is 0 Å². The second kappa shape index (κ2) is 6.77. The van der Waals surface area contributed by atoms with E-state index in [0.717, 1.165) is 36.3 Å². The standard InChI is InChI=1S/C23H21ClO2/c1-14-19-4-2-3-5-20(19)23(26)21(22(14)25)17-8-6-15(7-9-17)16-10-12-18(24)13-11-16/h2-5,10-13,15,17,25H,1,6-9H2. The van der Waals surface area contributed by atoms with Crippen LogP contribution in [0.3, 0.4) is 0 Å². The maximum atomic E-state index is 13.0. The number of benzene rings is 2. The molecule has 1 fully saturated rings. The molecule has 0 radical (unpaired) electrons. The third-order valence-corrected chi connectivity index (χ3v) is 6.01.